The lowest BCUT2D eigenvalue weighted by atomic mass is 9.88. The standard InChI is InChI=1S/C15H19N3/c1-18-9-8-15(17-18)11-16-14-7-6-12-4-2-3-5-13(12)10-14/h2-5,8-9,14,16H,6-7,10-11H2,1H3. The molecule has 1 aliphatic carbocycles. The average molecular weight is 241 g/mol. The van der Waals surface area contributed by atoms with Crippen LogP contribution in [0.25, 0.3) is 0 Å². The van der Waals surface area contributed by atoms with E-state index in [9.17, 15) is 0 Å². The molecular weight excluding hydrogens is 222 g/mol. The van der Waals surface area contributed by atoms with E-state index in [1.807, 2.05) is 17.9 Å². The highest BCUT2D eigenvalue weighted by molar-refractivity contribution is 5.30. The summed E-state index contributed by atoms with van der Waals surface area (Å²) < 4.78 is 1.85. The Balaban J connectivity index is 1.59. The number of hydrogen-bond acceptors (Lipinski definition) is 2. The lowest BCUT2D eigenvalue weighted by Crippen LogP contribution is -2.34. The topological polar surface area (TPSA) is 29.9 Å². The summed E-state index contributed by atoms with van der Waals surface area (Å²) in [5, 5.41) is 8.01. The van der Waals surface area contributed by atoms with Crippen molar-refractivity contribution >= 4 is 0 Å². The second-order valence-electron chi connectivity index (χ2n) is 5.07. The molecule has 1 N–H and O–H groups in total. The van der Waals surface area contributed by atoms with E-state index in [0.717, 1.165) is 18.7 Å². The molecule has 0 bridgehead atoms. The molecule has 2 aromatic rings. The zero-order chi connectivity index (χ0) is 12.4. The van der Waals surface area contributed by atoms with Crippen LogP contribution in [0.5, 0.6) is 0 Å². The summed E-state index contributed by atoms with van der Waals surface area (Å²) >= 11 is 0. The molecule has 1 heterocycles. The summed E-state index contributed by atoms with van der Waals surface area (Å²) in [6.45, 7) is 0.869. The quantitative estimate of drug-likeness (QED) is 0.891. The number of rotatable bonds is 3. The van der Waals surface area contributed by atoms with Crippen LogP contribution < -0.4 is 5.32 Å². The van der Waals surface area contributed by atoms with Crippen molar-refractivity contribution in [1.29, 1.82) is 0 Å². The van der Waals surface area contributed by atoms with Gasteiger partial charge in [0, 0.05) is 25.8 Å². The molecular formula is C15H19N3. The number of aryl methyl sites for hydroxylation is 2. The molecule has 18 heavy (non-hydrogen) atoms. The van der Waals surface area contributed by atoms with E-state index in [-0.39, 0.29) is 0 Å². The molecule has 0 saturated carbocycles. The molecule has 3 nitrogen and oxygen atoms in total. The molecule has 0 radical (unpaired) electrons. The van der Waals surface area contributed by atoms with E-state index in [2.05, 4.69) is 40.7 Å². The molecule has 0 amide bonds. The minimum atomic E-state index is 0.585. The number of aromatic nitrogens is 2. The van der Waals surface area contributed by atoms with Gasteiger partial charge in [0.05, 0.1) is 5.69 Å². The van der Waals surface area contributed by atoms with Gasteiger partial charge in [-0.05, 0) is 36.5 Å². The summed E-state index contributed by atoms with van der Waals surface area (Å²) in [5.41, 5.74) is 4.15. The first-order valence-electron chi connectivity index (χ1n) is 6.60. The number of nitrogens with one attached hydrogen (secondary N) is 1. The van der Waals surface area contributed by atoms with Crippen LogP contribution in [0.2, 0.25) is 0 Å². The molecule has 0 saturated heterocycles. The first kappa shape index (κ1) is 11.5. The molecule has 1 aromatic carbocycles. The first-order valence-corrected chi connectivity index (χ1v) is 6.60. The van der Waals surface area contributed by atoms with Crippen molar-refractivity contribution in [3.63, 3.8) is 0 Å². The molecule has 1 aromatic heterocycles. The minimum absolute atomic E-state index is 0.585. The Bertz CT molecular complexity index is 530. The van der Waals surface area contributed by atoms with E-state index in [1.54, 1.807) is 0 Å². The molecule has 1 atom stereocenters. The number of benzene rings is 1. The van der Waals surface area contributed by atoms with Crippen molar-refractivity contribution in [2.75, 3.05) is 0 Å². The number of nitrogens with zero attached hydrogens (tertiary/aromatic N) is 2. The van der Waals surface area contributed by atoms with Gasteiger partial charge in [0.15, 0.2) is 0 Å². The Morgan fingerprint density at radius 2 is 2.11 bits per heavy atom. The lowest BCUT2D eigenvalue weighted by molar-refractivity contribution is 0.453. The maximum absolute atomic E-state index is 4.39. The van der Waals surface area contributed by atoms with Gasteiger partial charge in [-0.15, -0.1) is 0 Å². The van der Waals surface area contributed by atoms with Gasteiger partial charge in [-0.25, -0.2) is 0 Å². The van der Waals surface area contributed by atoms with Gasteiger partial charge in [-0.2, -0.15) is 5.10 Å². The van der Waals surface area contributed by atoms with E-state index < -0.39 is 0 Å². The Morgan fingerprint density at radius 1 is 1.28 bits per heavy atom. The summed E-state index contributed by atoms with van der Waals surface area (Å²) in [5.74, 6) is 0. The van der Waals surface area contributed by atoms with Crippen molar-refractivity contribution in [2.24, 2.45) is 7.05 Å². The van der Waals surface area contributed by atoms with Gasteiger partial charge >= 0.3 is 0 Å². The maximum atomic E-state index is 4.39. The predicted molar refractivity (Wildman–Crippen MR) is 72.3 cm³/mol. The van der Waals surface area contributed by atoms with Crippen molar-refractivity contribution in [3.05, 3.63) is 53.3 Å². The van der Waals surface area contributed by atoms with Gasteiger partial charge in [-0.1, -0.05) is 24.3 Å². The normalized spacial score (nSPS) is 18.6. The van der Waals surface area contributed by atoms with Crippen LogP contribution in [0, 0.1) is 0 Å². The largest absolute Gasteiger partial charge is 0.308 e. The molecule has 3 rings (SSSR count). The maximum Gasteiger partial charge on any atom is 0.0762 e. The first-order chi connectivity index (χ1) is 8.81. The molecule has 3 heteroatoms. The zero-order valence-corrected chi connectivity index (χ0v) is 10.8. The minimum Gasteiger partial charge on any atom is -0.308 e. The Kier molecular flexibility index (Phi) is 3.15. The fourth-order valence-corrected chi connectivity index (χ4v) is 2.68. The highest BCUT2D eigenvalue weighted by Crippen LogP contribution is 2.21. The van der Waals surface area contributed by atoms with Crippen LogP contribution in [0.3, 0.4) is 0 Å². The van der Waals surface area contributed by atoms with Crippen LogP contribution in [-0.4, -0.2) is 15.8 Å². The molecule has 94 valence electrons. The van der Waals surface area contributed by atoms with Crippen LogP contribution in [0.1, 0.15) is 23.2 Å². The van der Waals surface area contributed by atoms with Gasteiger partial charge in [-0.3, -0.25) is 4.68 Å². The predicted octanol–water partition coefficient (Wildman–Crippen LogP) is 2.07. The van der Waals surface area contributed by atoms with Gasteiger partial charge < -0.3 is 5.32 Å². The third-order valence-electron chi connectivity index (χ3n) is 3.69. The molecule has 1 unspecified atom stereocenters. The second-order valence-corrected chi connectivity index (χ2v) is 5.07. The van der Waals surface area contributed by atoms with Crippen molar-refractivity contribution in [2.45, 2.75) is 31.8 Å². The fourth-order valence-electron chi connectivity index (χ4n) is 2.68. The summed E-state index contributed by atoms with van der Waals surface area (Å²) in [6.07, 6.45) is 5.55. The van der Waals surface area contributed by atoms with E-state index in [4.69, 9.17) is 0 Å². The monoisotopic (exact) mass is 241 g/mol. The lowest BCUT2D eigenvalue weighted by Gasteiger charge is -2.25. The van der Waals surface area contributed by atoms with Crippen molar-refractivity contribution in [3.8, 4) is 0 Å². The van der Waals surface area contributed by atoms with E-state index in [0.29, 0.717) is 6.04 Å². The van der Waals surface area contributed by atoms with E-state index in [1.165, 1.54) is 24.0 Å². The Hall–Kier alpha value is -1.61. The van der Waals surface area contributed by atoms with Crippen LogP contribution in [0.4, 0.5) is 0 Å². The van der Waals surface area contributed by atoms with Crippen LogP contribution >= 0.6 is 0 Å². The Labute approximate surface area is 108 Å². The zero-order valence-electron chi connectivity index (χ0n) is 10.8. The summed E-state index contributed by atoms with van der Waals surface area (Å²) in [4.78, 5) is 0. The highest BCUT2D eigenvalue weighted by atomic mass is 15.3. The van der Waals surface area contributed by atoms with Crippen molar-refractivity contribution in [1.82, 2.24) is 15.1 Å². The summed E-state index contributed by atoms with van der Waals surface area (Å²) in [6, 6.07) is 11.4. The van der Waals surface area contributed by atoms with E-state index >= 15 is 0 Å². The smallest absolute Gasteiger partial charge is 0.0762 e. The molecule has 0 aliphatic heterocycles. The van der Waals surface area contributed by atoms with Gasteiger partial charge in [0.2, 0.25) is 0 Å². The average Bonchev–Trinajstić information content (AvgIpc) is 2.82. The SMILES string of the molecule is Cn1ccc(CNC2CCc3ccccc3C2)n1. The van der Waals surface area contributed by atoms with Crippen molar-refractivity contribution < 1.29 is 0 Å². The number of fused-ring (bicyclic) bond motifs is 1. The van der Waals surface area contributed by atoms with Gasteiger partial charge in [0.25, 0.3) is 0 Å². The Morgan fingerprint density at radius 3 is 2.89 bits per heavy atom. The fraction of sp³-hybridized carbons (Fsp3) is 0.400. The second kappa shape index (κ2) is 4.94. The third-order valence-corrected chi connectivity index (χ3v) is 3.69. The third kappa shape index (κ3) is 2.46. The summed E-state index contributed by atoms with van der Waals surface area (Å²) in [7, 11) is 1.96. The molecule has 1 aliphatic rings. The molecule has 0 fully saturated rings. The number of hydrogen-bond donors (Lipinski definition) is 1. The van der Waals surface area contributed by atoms with Crippen LogP contribution in [-0.2, 0) is 26.4 Å². The van der Waals surface area contributed by atoms with Crippen LogP contribution in [0.15, 0.2) is 36.5 Å². The highest BCUT2D eigenvalue weighted by Gasteiger charge is 2.17. The van der Waals surface area contributed by atoms with Gasteiger partial charge in [0.1, 0.15) is 0 Å². The molecule has 0 spiro atoms.